The molecule has 1 aromatic rings. The van der Waals surface area contributed by atoms with Gasteiger partial charge in [-0.25, -0.2) is 0 Å². The van der Waals surface area contributed by atoms with Gasteiger partial charge < -0.3 is 0 Å². The van der Waals surface area contributed by atoms with Crippen LogP contribution in [-0.2, 0) is 0 Å². The Kier molecular flexibility index (Phi) is 11.4. The molecule has 2 aliphatic heterocycles. The Labute approximate surface area is 237 Å². The molecule has 4 atom stereocenters. The van der Waals surface area contributed by atoms with Crippen LogP contribution in [-0.4, -0.2) is 44.8 Å². The third-order valence-corrected chi connectivity index (χ3v) is 37.1. The normalized spacial score (nSPS) is 25.9. The van der Waals surface area contributed by atoms with Gasteiger partial charge in [-0.3, -0.25) is 0 Å². The molecule has 0 N–H and O–H groups in total. The van der Waals surface area contributed by atoms with Gasteiger partial charge in [-0.15, -0.1) is 0 Å². The predicted octanol–water partition coefficient (Wildman–Crippen LogP) is 10.3. The molecule has 200 valence electrons. The molecule has 0 fully saturated rings. The van der Waals surface area contributed by atoms with Crippen LogP contribution in [0.1, 0.15) is 89.2 Å². The maximum absolute atomic E-state index is 2.96. The van der Waals surface area contributed by atoms with Crippen LogP contribution in [0.25, 0.3) is 0 Å². The zero-order chi connectivity index (χ0) is 26.0. The molecular formula is C30H56S2SiSn2. The van der Waals surface area contributed by atoms with Crippen molar-refractivity contribution in [2.45, 2.75) is 132 Å². The third-order valence-electron chi connectivity index (χ3n) is 8.98. The van der Waals surface area contributed by atoms with E-state index in [-0.39, 0.29) is 0 Å². The first-order valence-corrected chi connectivity index (χ1v) is 39.1. The van der Waals surface area contributed by atoms with Gasteiger partial charge in [-0.2, -0.15) is 0 Å². The van der Waals surface area contributed by atoms with Crippen molar-refractivity contribution in [1.29, 1.82) is 0 Å². The van der Waals surface area contributed by atoms with E-state index < -0.39 is 44.8 Å². The summed E-state index contributed by atoms with van der Waals surface area (Å²) in [7, 11) is -1.65. The standard InChI is InChI=1S/C24H38S2Si.6CH3.2Sn/c1-5-9-11-19(7-3)17-27(18-20(8-4)12-10-6-2)21-13-15-25-23(21)24-22(27)14-16-26-24;;;;;;;;/h13-14,19-21,23H,5-12,17-18H2,1-4H3;6*1H3;;. The van der Waals surface area contributed by atoms with Gasteiger partial charge in [0.2, 0.25) is 0 Å². The second-order valence-electron chi connectivity index (χ2n) is 13.9. The zero-order valence-corrected chi connectivity index (χ0v) is 33.2. The SMILES string of the molecule is CCCCC(CC)C[Si]1(CC(CC)CCCC)c2c[c]([Sn]([CH3])([CH3])[CH3])sc2C2S[C]([Sn]([CH3])([CH3])[CH3])=CC21. The van der Waals surface area contributed by atoms with Gasteiger partial charge in [-0.05, 0) is 0 Å². The maximum atomic E-state index is 2.96. The first-order valence-electron chi connectivity index (χ1n) is 14.9. The molecule has 0 aromatic carbocycles. The average Bonchev–Trinajstić information content (AvgIpc) is 3.47. The number of thioether (sulfide) groups is 1. The molecule has 4 unspecified atom stereocenters. The summed E-state index contributed by atoms with van der Waals surface area (Å²) in [6, 6.07) is 6.05. The molecule has 0 amide bonds. The monoisotopic (exact) mass is 748 g/mol. The molecule has 0 saturated carbocycles. The first kappa shape index (κ1) is 31.1. The molecule has 0 nitrogen and oxygen atoms in total. The van der Waals surface area contributed by atoms with Crippen molar-refractivity contribution < 1.29 is 0 Å². The van der Waals surface area contributed by atoms with Crippen molar-refractivity contribution in [1.82, 2.24) is 0 Å². The van der Waals surface area contributed by atoms with Crippen LogP contribution in [0.2, 0.25) is 47.3 Å². The second kappa shape index (κ2) is 12.8. The predicted molar refractivity (Wildman–Crippen MR) is 174 cm³/mol. The quantitative estimate of drug-likeness (QED) is 0.171. The van der Waals surface area contributed by atoms with E-state index in [4.69, 9.17) is 0 Å². The van der Waals surface area contributed by atoms with E-state index in [2.05, 4.69) is 92.6 Å². The van der Waals surface area contributed by atoms with Crippen molar-refractivity contribution in [3.8, 4) is 0 Å². The summed E-state index contributed by atoms with van der Waals surface area (Å²) in [5.74, 6) is 1.89. The molecule has 0 saturated heterocycles. The number of rotatable bonds is 14. The van der Waals surface area contributed by atoms with Crippen LogP contribution in [0.4, 0.5) is 0 Å². The Balaban J connectivity index is 2.16. The van der Waals surface area contributed by atoms with Gasteiger partial charge >= 0.3 is 239 Å². The second-order valence-corrected chi connectivity index (χ2v) is 51.3. The minimum absolute atomic E-state index is 0.794. The fraction of sp³-hybridized carbons (Fsp3) is 0.800. The number of fused-ring (bicyclic) bond motifs is 3. The van der Waals surface area contributed by atoms with Gasteiger partial charge in [0.1, 0.15) is 0 Å². The number of hydrogen-bond acceptors (Lipinski definition) is 2. The van der Waals surface area contributed by atoms with Crippen molar-refractivity contribution in [3.63, 3.8) is 0 Å². The van der Waals surface area contributed by atoms with Crippen molar-refractivity contribution >= 4 is 76.0 Å². The number of hydrogen-bond donors (Lipinski definition) is 0. The van der Waals surface area contributed by atoms with Crippen LogP contribution >= 0.6 is 23.1 Å². The molecule has 5 heteroatoms. The van der Waals surface area contributed by atoms with Crippen LogP contribution in [0.3, 0.4) is 0 Å². The molecule has 0 radical (unpaired) electrons. The fourth-order valence-corrected chi connectivity index (χ4v) is 30.6. The van der Waals surface area contributed by atoms with Crippen LogP contribution in [0.15, 0.2) is 15.1 Å². The molecule has 1 aromatic heterocycles. The molecule has 0 spiro atoms. The third kappa shape index (κ3) is 7.03. The Hall–Kier alpha value is 1.60. The Morgan fingerprint density at radius 2 is 1.37 bits per heavy atom. The molecule has 3 rings (SSSR count). The molecular weight excluding hydrogens is 690 g/mol. The molecule has 3 heterocycles. The Morgan fingerprint density at radius 3 is 1.80 bits per heavy atom. The Bertz CT molecular complexity index is 843. The Morgan fingerprint density at radius 1 is 0.829 bits per heavy atom. The van der Waals surface area contributed by atoms with E-state index in [1.807, 2.05) is 15.9 Å². The number of allylic oxidation sites excluding steroid dienone is 1. The summed E-state index contributed by atoms with van der Waals surface area (Å²) in [6.45, 7) is 9.79. The topological polar surface area (TPSA) is 0 Å². The van der Waals surface area contributed by atoms with Gasteiger partial charge in [-0.1, -0.05) is 0 Å². The van der Waals surface area contributed by atoms with Gasteiger partial charge in [0.25, 0.3) is 0 Å². The molecule has 2 aliphatic rings. The fourth-order valence-electron chi connectivity index (χ4n) is 6.64. The molecule has 0 aliphatic carbocycles. The van der Waals surface area contributed by atoms with E-state index in [1.165, 1.54) is 51.4 Å². The van der Waals surface area contributed by atoms with Crippen LogP contribution in [0.5, 0.6) is 0 Å². The average molecular weight is 746 g/mol. The van der Waals surface area contributed by atoms with Crippen LogP contribution < -0.4 is 8.08 Å². The molecule has 0 bridgehead atoms. The summed E-state index contributed by atoms with van der Waals surface area (Å²) in [6.07, 6.45) is 14.3. The minimum atomic E-state index is -2.10. The van der Waals surface area contributed by atoms with E-state index in [1.54, 1.807) is 12.1 Å². The first-order chi connectivity index (χ1) is 16.4. The van der Waals surface area contributed by atoms with Crippen LogP contribution in [0, 0.1) is 11.8 Å². The van der Waals surface area contributed by atoms with E-state index in [0.29, 0.717) is 0 Å². The summed E-state index contributed by atoms with van der Waals surface area (Å²) >= 11 is 0.528. The number of unbranched alkanes of at least 4 members (excludes halogenated alkanes) is 2. The number of thiophene rings is 1. The summed E-state index contributed by atoms with van der Waals surface area (Å²) < 4.78 is 3.78. The van der Waals surface area contributed by atoms with Gasteiger partial charge in [0.05, 0.1) is 0 Å². The van der Waals surface area contributed by atoms with E-state index in [0.717, 1.165) is 22.6 Å². The summed E-state index contributed by atoms with van der Waals surface area (Å²) in [5, 5.41) is 2.79. The van der Waals surface area contributed by atoms with Gasteiger partial charge in [0, 0.05) is 0 Å². The van der Waals surface area contributed by atoms with Crippen molar-refractivity contribution in [2.75, 3.05) is 0 Å². The zero-order valence-electron chi connectivity index (χ0n) is 24.9. The van der Waals surface area contributed by atoms with E-state index >= 15 is 0 Å². The van der Waals surface area contributed by atoms with Gasteiger partial charge in [0.15, 0.2) is 0 Å². The summed E-state index contributed by atoms with van der Waals surface area (Å²) in [4.78, 5) is 17.8. The molecule has 35 heavy (non-hydrogen) atoms. The van der Waals surface area contributed by atoms with E-state index in [9.17, 15) is 0 Å². The summed E-state index contributed by atoms with van der Waals surface area (Å²) in [5.41, 5.74) is 0.898. The van der Waals surface area contributed by atoms with Crippen molar-refractivity contribution in [3.05, 3.63) is 19.9 Å². The van der Waals surface area contributed by atoms with Crippen molar-refractivity contribution in [2.24, 2.45) is 11.8 Å².